The van der Waals surface area contributed by atoms with Gasteiger partial charge in [0.1, 0.15) is 0 Å². The number of aromatic nitrogens is 2. The van der Waals surface area contributed by atoms with E-state index in [1.807, 2.05) is 0 Å². The number of nitrogens with one attached hydrogen (secondary N) is 1. The molecule has 2 aromatic carbocycles. The summed E-state index contributed by atoms with van der Waals surface area (Å²) < 4.78 is 4.55. The summed E-state index contributed by atoms with van der Waals surface area (Å²) in [4.78, 5) is 21.2. The van der Waals surface area contributed by atoms with Crippen LogP contribution in [0.5, 0.6) is 0 Å². The number of nitrogens with zero attached hydrogens (tertiary/aromatic N) is 3. The highest BCUT2D eigenvalue weighted by Crippen LogP contribution is 2.30. The number of non-ortho nitro benzene ring substituents is 1. The number of nitro benzene ring substituents is 1. The average molecular weight is 299 g/mol. The second-order valence-electron chi connectivity index (χ2n) is 4.34. The molecule has 22 heavy (non-hydrogen) atoms. The van der Waals surface area contributed by atoms with Crippen LogP contribution in [0.25, 0.3) is 11.0 Å². The molecule has 0 saturated carbocycles. The summed E-state index contributed by atoms with van der Waals surface area (Å²) in [6, 6.07) is 8.64. The van der Waals surface area contributed by atoms with Gasteiger partial charge in [0, 0.05) is 11.8 Å². The molecule has 0 aliphatic heterocycles. The molecular formula is C13H7N4O5-. The molecule has 0 amide bonds. The Morgan fingerprint density at radius 1 is 1.18 bits per heavy atom. The first-order valence-corrected chi connectivity index (χ1v) is 6.04. The third-order valence-electron chi connectivity index (χ3n) is 2.97. The zero-order valence-corrected chi connectivity index (χ0v) is 10.8. The Bertz CT molecular complexity index is 889. The minimum Gasteiger partial charge on any atom is -0.545 e. The number of carbonyl (C=O) groups is 1. The number of carboxylic acids is 1. The van der Waals surface area contributed by atoms with Crippen LogP contribution in [-0.4, -0.2) is 21.2 Å². The molecule has 9 heteroatoms. The lowest BCUT2D eigenvalue weighted by Crippen LogP contribution is -2.22. The summed E-state index contributed by atoms with van der Waals surface area (Å²) in [7, 11) is 0. The Morgan fingerprint density at radius 3 is 2.68 bits per heavy atom. The molecule has 0 radical (unpaired) electrons. The number of hydrogen-bond acceptors (Lipinski definition) is 8. The van der Waals surface area contributed by atoms with Crippen LogP contribution >= 0.6 is 0 Å². The second kappa shape index (κ2) is 5.13. The normalized spacial score (nSPS) is 10.5. The van der Waals surface area contributed by atoms with Crippen molar-refractivity contribution in [3.05, 3.63) is 52.1 Å². The molecule has 1 N–H and O–H groups in total. The van der Waals surface area contributed by atoms with Crippen LogP contribution < -0.4 is 10.4 Å². The molecule has 3 aromatic rings. The van der Waals surface area contributed by atoms with Gasteiger partial charge >= 0.3 is 5.69 Å². The maximum Gasteiger partial charge on any atom is 0.300 e. The van der Waals surface area contributed by atoms with Crippen molar-refractivity contribution in [2.24, 2.45) is 0 Å². The Kier molecular flexibility index (Phi) is 3.14. The summed E-state index contributed by atoms with van der Waals surface area (Å²) in [6.07, 6.45) is 0. The van der Waals surface area contributed by atoms with Gasteiger partial charge in [-0.1, -0.05) is 12.1 Å². The van der Waals surface area contributed by atoms with Gasteiger partial charge in [-0.05, 0) is 34.1 Å². The van der Waals surface area contributed by atoms with E-state index in [0.29, 0.717) is 11.4 Å². The number of rotatable bonds is 4. The molecule has 0 spiro atoms. The molecule has 0 unspecified atom stereocenters. The van der Waals surface area contributed by atoms with Crippen molar-refractivity contribution in [2.45, 2.75) is 0 Å². The van der Waals surface area contributed by atoms with Gasteiger partial charge in [0.15, 0.2) is 5.52 Å². The molecule has 110 valence electrons. The standard InChI is InChI=1S/C13H8N4O5/c18-13(19)7-2-1-3-8(6-7)14-9-4-5-10(17(20)21)12-11(9)15-22-16-12/h1-6,14H,(H,18,19)/p-1. The smallest absolute Gasteiger partial charge is 0.300 e. The van der Waals surface area contributed by atoms with Gasteiger partial charge in [0.25, 0.3) is 0 Å². The largest absolute Gasteiger partial charge is 0.545 e. The Labute approximate surface area is 122 Å². The molecule has 0 fully saturated rings. The minimum atomic E-state index is -1.31. The molecule has 9 nitrogen and oxygen atoms in total. The lowest BCUT2D eigenvalue weighted by Gasteiger charge is -2.09. The van der Waals surface area contributed by atoms with Gasteiger partial charge < -0.3 is 15.2 Å². The fraction of sp³-hybridized carbons (Fsp3) is 0. The average Bonchev–Trinajstić information content (AvgIpc) is 2.97. The van der Waals surface area contributed by atoms with E-state index in [9.17, 15) is 20.0 Å². The topological polar surface area (TPSA) is 134 Å². The fourth-order valence-electron chi connectivity index (χ4n) is 1.98. The molecule has 0 aliphatic rings. The van der Waals surface area contributed by atoms with Crippen LogP contribution in [0.2, 0.25) is 0 Å². The first kappa shape index (κ1) is 13.5. The van der Waals surface area contributed by atoms with Crippen LogP contribution in [0.15, 0.2) is 41.0 Å². The van der Waals surface area contributed by atoms with E-state index in [4.69, 9.17) is 0 Å². The lowest BCUT2D eigenvalue weighted by molar-refractivity contribution is -0.383. The highest BCUT2D eigenvalue weighted by molar-refractivity contribution is 5.95. The maximum absolute atomic E-state index is 10.9. The number of benzene rings is 2. The SMILES string of the molecule is O=C([O-])c1cccc(Nc2ccc([N+](=O)[O-])c3nonc23)c1. The van der Waals surface area contributed by atoms with E-state index in [1.54, 1.807) is 6.07 Å². The molecule has 1 heterocycles. The van der Waals surface area contributed by atoms with Crippen LogP contribution in [0.3, 0.4) is 0 Å². The molecule has 1 aromatic heterocycles. The van der Waals surface area contributed by atoms with Crippen molar-refractivity contribution in [3.63, 3.8) is 0 Å². The van der Waals surface area contributed by atoms with Gasteiger partial charge in [0.2, 0.25) is 5.52 Å². The predicted molar refractivity (Wildman–Crippen MR) is 72.5 cm³/mol. The molecule has 0 bridgehead atoms. The van der Waals surface area contributed by atoms with Crippen molar-refractivity contribution in [2.75, 3.05) is 5.32 Å². The van der Waals surface area contributed by atoms with Crippen LogP contribution in [0.1, 0.15) is 10.4 Å². The number of anilines is 2. The van der Waals surface area contributed by atoms with Crippen LogP contribution in [0.4, 0.5) is 17.1 Å². The molecular weight excluding hydrogens is 292 g/mol. The van der Waals surface area contributed by atoms with Crippen molar-refractivity contribution in [1.29, 1.82) is 0 Å². The summed E-state index contributed by atoms with van der Waals surface area (Å²) in [5, 5.41) is 31.8. The third kappa shape index (κ3) is 2.30. The van der Waals surface area contributed by atoms with E-state index in [1.165, 1.54) is 30.3 Å². The number of carbonyl (C=O) groups excluding carboxylic acids is 1. The zero-order chi connectivity index (χ0) is 15.7. The Morgan fingerprint density at radius 2 is 1.95 bits per heavy atom. The number of aromatic carboxylic acids is 1. The van der Waals surface area contributed by atoms with E-state index >= 15 is 0 Å². The summed E-state index contributed by atoms with van der Waals surface area (Å²) in [5.41, 5.74) is 0.808. The van der Waals surface area contributed by atoms with Crippen molar-refractivity contribution < 1.29 is 19.5 Å². The first-order valence-electron chi connectivity index (χ1n) is 6.04. The van der Waals surface area contributed by atoms with Crippen LogP contribution in [0, 0.1) is 10.1 Å². The predicted octanol–water partition coefficient (Wildman–Crippen LogP) is 1.24. The maximum atomic E-state index is 10.9. The number of hydrogen-bond donors (Lipinski definition) is 1. The van der Waals surface area contributed by atoms with Crippen LogP contribution in [-0.2, 0) is 0 Å². The summed E-state index contributed by atoms with van der Waals surface area (Å²) in [5.74, 6) is -1.31. The monoisotopic (exact) mass is 299 g/mol. The molecule has 3 rings (SSSR count). The van der Waals surface area contributed by atoms with Crippen molar-refractivity contribution >= 4 is 34.1 Å². The number of fused-ring (bicyclic) bond motifs is 1. The van der Waals surface area contributed by atoms with Gasteiger partial charge in [-0.3, -0.25) is 10.1 Å². The molecule has 0 atom stereocenters. The highest BCUT2D eigenvalue weighted by atomic mass is 16.6. The van der Waals surface area contributed by atoms with Crippen molar-refractivity contribution in [1.82, 2.24) is 10.3 Å². The second-order valence-corrected chi connectivity index (χ2v) is 4.34. The van der Waals surface area contributed by atoms with Gasteiger partial charge in [-0.2, -0.15) is 0 Å². The Balaban J connectivity index is 2.03. The lowest BCUT2D eigenvalue weighted by atomic mass is 10.2. The van der Waals surface area contributed by atoms with Gasteiger partial charge in [-0.15, -0.1) is 0 Å². The molecule has 0 saturated heterocycles. The Hall–Kier alpha value is -3.49. The number of nitro groups is 1. The third-order valence-corrected chi connectivity index (χ3v) is 2.97. The van der Waals surface area contributed by atoms with Gasteiger partial charge in [-0.25, -0.2) is 4.63 Å². The summed E-state index contributed by atoms with van der Waals surface area (Å²) in [6.45, 7) is 0. The minimum absolute atomic E-state index is 0.00133. The van der Waals surface area contributed by atoms with E-state index in [2.05, 4.69) is 20.3 Å². The summed E-state index contributed by atoms with van der Waals surface area (Å²) >= 11 is 0. The first-order chi connectivity index (χ1) is 10.6. The molecule has 0 aliphatic carbocycles. The quantitative estimate of drug-likeness (QED) is 0.561. The zero-order valence-electron chi connectivity index (χ0n) is 10.8. The van der Waals surface area contributed by atoms with E-state index in [-0.39, 0.29) is 22.3 Å². The van der Waals surface area contributed by atoms with Crippen molar-refractivity contribution in [3.8, 4) is 0 Å². The highest BCUT2D eigenvalue weighted by Gasteiger charge is 2.19. The van der Waals surface area contributed by atoms with E-state index in [0.717, 1.165) is 0 Å². The van der Waals surface area contributed by atoms with E-state index < -0.39 is 10.9 Å². The van der Waals surface area contributed by atoms with Gasteiger partial charge in [0.05, 0.1) is 16.6 Å². The number of carboxylic acid groups (broad SMARTS) is 1. The fourth-order valence-corrected chi connectivity index (χ4v) is 1.98.